The smallest absolute Gasteiger partial charge is 0.321 e. The number of aromatic nitrogens is 2. The molecule has 1 fully saturated rings. The van der Waals surface area contributed by atoms with Gasteiger partial charge in [-0.05, 0) is 31.2 Å². The maximum Gasteiger partial charge on any atom is 0.321 e. The van der Waals surface area contributed by atoms with Crippen molar-refractivity contribution in [1.29, 1.82) is 0 Å². The molecule has 0 bridgehead atoms. The number of piperidine rings is 1. The summed E-state index contributed by atoms with van der Waals surface area (Å²) in [5.41, 5.74) is -0.241. The second kappa shape index (κ2) is 6.56. The Balaban J connectivity index is 2.06. The summed E-state index contributed by atoms with van der Waals surface area (Å²) in [6, 6.07) is -0.503. The van der Waals surface area contributed by atoms with Gasteiger partial charge in [0.1, 0.15) is 6.04 Å². The zero-order chi connectivity index (χ0) is 15.5. The van der Waals surface area contributed by atoms with Gasteiger partial charge in [-0.2, -0.15) is 4.98 Å². The molecular formula is C15H25N3O3. The quantitative estimate of drug-likeness (QED) is 0.868. The first kappa shape index (κ1) is 15.9. The minimum atomic E-state index is -0.773. The summed E-state index contributed by atoms with van der Waals surface area (Å²) >= 11 is 0. The molecule has 6 nitrogen and oxygen atoms in total. The number of hydrogen-bond acceptors (Lipinski definition) is 5. The molecule has 1 atom stereocenters. The summed E-state index contributed by atoms with van der Waals surface area (Å²) in [6.07, 6.45) is 4.85. The molecule has 0 spiro atoms. The summed E-state index contributed by atoms with van der Waals surface area (Å²) in [7, 11) is 0. The fourth-order valence-electron chi connectivity index (χ4n) is 3.12. The highest BCUT2D eigenvalue weighted by Gasteiger charge is 2.42. The second-order valence-electron chi connectivity index (χ2n) is 6.51. The number of nitrogens with zero attached hydrogens (tertiary/aromatic N) is 3. The third-order valence-corrected chi connectivity index (χ3v) is 4.21. The molecule has 2 heterocycles. The summed E-state index contributed by atoms with van der Waals surface area (Å²) in [5.74, 6) is 0.463. The topological polar surface area (TPSA) is 79.5 Å². The molecule has 0 aromatic carbocycles. The molecule has 1 aromatic rings. The van der Waals surface area contributed by atoms with Crippen molar-refractivity contribution < 1.29 is 14.4 Å². The lowest BCUT2D eigenvalue weighted by atomic mass is 9.76. The number of aliphatic carboxylic acids is 1. The van der Waals surface area contributed by atoms with Crippen molar-refractivity contribution in [2.45, 2.75) is 65.5 Å². The van der Waals surface area contributed by atoms with Gasteiger partial charge in [0, 0.05) is 6.42 Å². The molecule has 118 valence electrons. The Hall–Kier alpha value is -1.43. The van der Waals surface area contributed by atoms with Gasteiger partial charge in [0.25, 0.3) is 0 Å². The molecule has 1 unspecified atom stereocenters. The number of carbonyl (C=O) groups is 1. The average molecular weight is 295 g/mol. The number of rotatable bonds is 6. The summed E-state index contributed by atoms with van der Waals surface area (Å²) < 4.78 is 5.26. The van der Waals surface area contributed by atoms with Gasteiger partial charge in [0.15, 0.2) is 5.82 Å². The highest BCUT2D eigenvalue weighted by molar-refractivity contribution is 5.74. The third kappa shape index (κ3) is 3.81. The largest absolute Gasteiger partial charge is 0.480 e. The van der Waals surface area contributed by atoms with Gasteiger partial charge in [-0.25, -0.2) is 0 Å². The molecule has 0 saturated carbocycles. The Morgan fingerprint density at radius 2 is 2.29 bits per heavy atom. The Kier molecular flexibility index (Phi) is 4.98. The van der Waals surface area contributed by atoms with Crippen molar-refractivity contribution in [3.8, 4) is 0 Å². The molecule has 6 heteroatoms. The van der Waals surface area contributed by atoms with E-state index in [1.165, 1.54) is 0 Å². The van der Waals surface area contributed by atoms with Crippen molar-refractivity contribution >= 4 is 5.97 Å². The molecule has 21 heavy (non-hydrogen) atoms. The van der Waals surface area contributed by atoms with Crippen LogP contribution in [0.5, 0.6) is 0 Å². The van der Waals surface area contributed by atoms with Gasteiger partial charge in [-0.15, -0.1) is 0 Å². The highest BCUT2D eigenvalue weighted by atomic mass is 16.5. The van der Waals surface area contributed by atoms with Crippen molar-refractivity contribution in [3.05, 3.63) is 11.7 Å². The minimum Gasteiger partial charge on any atom is -0.480 e. The van der Waals surface area contributed by atoms with Crippen LogP contribution < -0.4 is 0 Å². The number of carboxylic acid groups (broad SMARTS) is 1. The van der Waals surface area contributed by atoms with Crippen LogP contribution in [-0.2, 0) is 17.8 Å². The molecule has 2 rings (SSSR count). The van der Waals surface area contributed by atoms with E-state index in [0.29, 0.717) is 12.4 Å². The highest BCUT2D eigenvalue weighted by Crippen LogP contribution is 2.35. The number of unbranched alkanes of at least 4 members (excludes halogenated alkanes) is 1. The van der Waals surface area contributed by atoms with E-state index in [1.807, 2.05) is 18.7 Å². The van der Waals surface area contributed by atoms with Crippen LogP contribution in [0.1, 0.15) is 58.2 Å². The van der Waals surface area contributed by atoms with E-state index < -0.39 is 12.0 Å². The van der Waals surface area contributed by atoms with Gasteiger partial charge in [0.05, 0.1) is 6.54 Å². The van der Waals surface area contributed by atoms with Crippen LogP contribution in [-0.4, -0.2) is 38.7 Å². The van der Waals surface area contributed by atoms with Crippen LogP contribution in [0.4, 0.5) is 0 Å². The molecule has 1 saturated heterocycles. The first-order valence-electron chi connectivity index (χ1n) is 7.72. The van der Waals surface area contributed by atoms with E-state index in [-0.39, 0.29) is 5.41 Å². The summed E-state index contributed by atoms with van der Waals surface area (Å²) in [6.45, 7) is 7.32. The zero-order valence-corrected chi connectivity index (χ0v) is 13.1. The zero-order valence-electron chi connectivity index (χ0n) is 13.1. The Morgan fingerprint density at radius 3 is 2.95 bits per heavy atom. The molecule has 0 aliphatic carbocycles. The Labute approximate surface area is 125 Å². The van der Waals surface area contributed by atoms with Crippen LogP contribution in [0.15, 0.2) is 4.52 Å². The number of likely N-dealkylation sites (tertiary alicyclic amines) is 1. The molecule has 1 aromatic heterocycles. The van der Waals surface area contributed by atoms with Crippen LogP contribution in [0.2, 0.25) is 0 Å². The third-order valence-electron chi connectivity index (χ3n) is 4.21. The lowest BCUT2D eigenvalue weighted by molar-refractivity contribution is -0.151. The Morgan fingerprint density at radius 1 is 1.52 bits per heavy atom. The van der Waals surface area contributed by atoms with Crippen LogP contribution >= 0.6 is 0 Å². The van der Waals surface area contributed by atoms with E-state index in [1.54, 1.807) is 0 Å². The maximum atomic E-state index is 11.6. The fourth-order valence-corrected chi connectivity index (χ4v) is 3.12. The summed E-state index contributed by atoms with van der Waals surface area (Å²) in [4.78, 5) is 17.9. The van der Waals surface area contributed by atoms with Gasteiger partial charge >= 0.3 is 5.97 Å². The van der Waals surface area contributed by atoms with Gasteiger partial charge in [-0.1, -0.05) is 32.3 Å². The molecule has 1 N–H and O–H groups in total. The lowest BCUT2D eigenvalue weighted by Gasteiger charge is -2.43. The van der Waals surface area contributed by atoms with Crippen molar-refractivity contribution in [3.63, 3.8) is 0 Å². The van der Waals surface area contributed by atoms with E-state index in [9.17, 15) is 9.90 Å². The predicted molar refractivity (Wildman–Crippen MR) is 77.8 cm³/mol. The second-order valence-corrected chi connectivity index (χ2v) is 6.51. The Bertz CT molecular complexity index is 484. The van der Waals surface area contributed by atoms with Gasteiger partial charge in [0.2, 0.25) is 5.89 Å². The van der Waals surface area contributed by atoms with Crippen LogP contribution in [0, 0.1) is 5.41 Å². The first-order valence-corrected chi connectivity index (χ1v) is 7.72. The van der Waals surface area contributed by atoms with E-state index in [4.69, 9.17) is 4.52 Å². The molecule has 0 amide bonds. The molecule has 1 aliphatic heterocycles. The number of hydrogen-bond donors (Lipinski definition) is 1. The van der Waals surface area contributed by atoms with Crippen molar-refractivity contribution in [2.75, 3.05) is 6.54 Å². The SMILES string of the molecule is CCCCc1noc(CN2CCCC(C)(C)C2C(=O)O)n1. The lowest BCUT2D eigenvalue weighted by Crippen LogP contribution is -2.53. The van der Waals surface area contributed by atoms with Crippen molar-refractivity contribution in [2.24, 2.45) is 5.41 Å². The standard InChI is InChI=1S/C15H25N3O3/c1-4-5-7-11-16-12(21-17-11)10-18-9-6-8-15(2,3)13(18)14(19)20/h13H,4-10H2,1-3H3,(H,19,20). The molecule has 0 radical (unpaired) electrons. The maximum absolute atomic E-state index is 11.6. The summed E-state index contributed by atoms with van der Waals surface area (Å²) in [5, 5.41) is 13.5. The average Bonchev–Trinajstić information content (AvgIpc) is 2.82. The first-order chi connectivity index (χ1) is 9.94. The number of carboxylic acids is 1. The monoisotopic (exact) mass is 295 g/mol. The van der Waals surface area contributed by atoms with E-state index in [2.05, 4.69) is 17.1 Å². The predicted octanol–water partition coefficient (Wildman–Crippen LogP) is 2.49. The van der Waals surface area contributed by atoms with Gasteiger partial charge in [-0.3, -0.25) is 9.69 Å². The molecular weight excluding hydrogens is 270 g/mol. The fraction of sp³-hybridized carbons (Fsp3) is 0.800. The van der Waals surface area contributed by atoms with Crippen molar-refractivity contribution in [1.82, 2.24) is 15.0 Å². The van der Waals surface area contributed by atoms with E-state index in [0.717, 1.165) is 44.5 Å². The van der Waals surface area contributed by atoms with Gasteiger partial charge < -0.3 is 9.63 Å². The van der Waals surface area contributed by atoms with Crippen LogP contribution in [0.25, 0.3) is 0 Å². The normalized spacial score (nSPS) is 22.3. The van der Waals surface area contributed by atoms with Crippen LogP contribution in [0.3, 0.4) is 0 Å². The molecule has 1 aliphatic rings. The van der Waals surface area contributed by atoms with E-state index >= 15 is 0 Å². The minimum absolute atomic E-state index is 0.241. The number of aryl methyl sites for hydroxylation is 1.